The standard InChI is InChI=1S/C22H17FN2O4/c1-27-17-7-9-18(10-8-17)28-13-21(26)24-16-5-2-14(3-6-16)22-25-19-12-15(23)4-11-20(19)29-22/h2-12H,13H2,1H3,(H,24,26). The van der Waals surface area contributed by atoms with E-state index in [4.69, 9.17) is 13.9 Å². The van der Waals surface area contributed by atoms with Gasteiger partial charge in [0.15, 0.2) is 12.2 Å². The summed E-state index contributed by atoms with van der Waals surface area (Å²) in [6.07, 6.45) is 0. The van der Waals surface area contributed by atoms with E-state index in [9.17, 15) is 9.18 Å². The van der Waals surface area contributed by atoms with E-state index in [-0.39, 0.29) is 18.3 Å². The Labute approximate surface area is 165 Å². The molecular formula is C22H17FN2O4. The SMILES string of the molecule is COc1ccc(OCC(=O)Nc2ccc(-c3nc4cc(F)ccc4o3)cc2)cc1. The van der Waals surface area contributed by atoms with Gasteiger partial charge in [0, 0.05) is 17.3 Å². The van der Waals surface area contributed by atoms with Gasteiger partial charge in [0.25, 0.3) is 5.91 Å². The van der Waals surface area contributed by atoms with Gasteiger partial charge in [-0.1, -0.05) is 0 Å². The highest BCUT2D eigenvalue weighted by atomic mass is 19.1. The van der Waals surface area contributed by atoms with Crippen LogP contribution in [0.1, 0.15) is 0 Å². The molecule has 0 bridgehead atoms. The van der Waals surface area contributed by atoms with Crippen LogP contribution < -0.4 is 14.8 Å². The van der Waals surface area contributed by atoms with E-state index in [2.05, 4.69) is 10.3 Å². The quantitative estimate of drug-likeness (QED) is 0.517. The zero-order valence-electron chi connectivity index (χ0n) is 15.5. The number of nitrogens with one attached hydrogen (secondary N) is 1. The average Bonchev–Trinajstić information content (AvgIpc) is 3.16. The van der Waals surface area contributed by atoms with E-state index in [1.807, 2.05) is 0 Å². The predicted octanol–water partition coefficient (Wildman–Crippen LogP) is 4.66. The van der Waals surface area contributed by atoms with Crippen molar-refractivity contribution in [2.24, 2.45) is 0 Å². The van der Waals surface area contributed by atoms with Crippen molar-refractivity contribution in [3.05, 3.63) is 72.5 Å². The van der Waals surface area contributed by atoms with Gasteiger partial charge < -0.3 is 19.2 Å². The third-order valence-corrected chi connectivity index (χ3v) is 4.19. The lowest BCUT2D eigenvalue weighted by atomic mass is 10.2. The highest BCUT2D eigenvalue weighted by molar-refractivity contribution is 5.92. The predicted molar refractivity (Wildman–Crippen MR) is 107 cm³/mol. The Kier molecular flexibility index (Phi) is 5.11. The second kappa shape index (κ2) is 8.02. The lowest BCUT2D eigenvalue weighted by Gasteiger charge is -2.08. The minimum absolute atomic E-state index is 0.120. The second-order valence-corrected chi connectivity index (χ2v) is 6.22. The van der Waals surface area contributed by atoms with Gasteiger partial charge in [-0.3, -0.25) is 4.79 Å². The number of anilines is 1. The minimum Gasteiger partial charge on any atom is -0.497 e. The molecule has 0 spiro atoms. The number of carbonyl (C=O) groups excluding carboxylic acids is 1. The van der Waals surface area contributed by atoms with Crippen LogP contribution in [0.4, 0.5) is 10.1 Å². The van der Waals surface area contributed by atoms with Crippen molar-refractivity contribution < 1.29 is 23.1 Å². The Morgan fingerprint density at radius 2 is 1.76 bits per heavy atom. The fourth-order valence-corrected chi connectivity index (χ4v) is 2.74. The molecule has 0 fully saturated rings. The van der Waals surface area contributed by atoms with Gasteiger partial charge in [-0.25, -0.2) is 9.37 Å². The van der Waals surface area contributed by atoms with Gasteiger partial charge in [-0.05, 0) is 60.7 Å². The summed E-state index contributed by atoms with van der Waals surface area (Å²) >= 11 is 0. The summed E-state index contributed by atoms with van der Waals surface area (Å²) in [6, 6.07) is 18.1. The van der Waals surface area contributed by atoms with Crippen molar-refractivity contribution in [1.82, 2.24) is 4.98 Å². The molecule has 0 saturated carbocycles. The number of methoxy groups -OCH3 is 1. The third-order valence-electron chi connectivity index (χ3n) is 4.19. The number of ether oxygens (including phenoxy) is 2. The molecule has 29 heavy (non-hydrogen) atoms. The summed E-state index contributed by atoms with van der Waals surface area (Å²) in [5.74, 6) is 1.01. The average molecular weight is 392 g/mol. The van der Waals surface area contributed by atoms with Gasteiger partial charge in [-0.2, -0.15) is 0 Å². The summed E-state index contributed by atoms with van der Waals surface area (Å²) < 4.78 is 29.5. The van der Waals surface area contributed by atoms with Crippen molar-refractivity contribution >= 4 is 22.7 Å². The smallest absolute Gasteiger partial charge is 0.262 e. The van der Waals surface area contributed by atoms with Crippen LogP contribution in [-0.2, 0) is 4.79 Å². The number of benzene rings is 3. The largest absolute Gasteiger partial charge is 0.497 e. The topological polar surface area (TPSA) is 73.6 Å². The Morgan fingerprint density at radius 3 is 2.48 bits per heavy atom. The molecule has 0 aliphatic rings. The third kappa shape index (κ3) is 4.35. The number of amides is 1. The van der Waals surface area contributed by atoms with Crippen molar-refractivity contribution in [1.29, 1.82) is 0 Å². The first kappa shape index (κ1) is 18.5. The van der Waals surface area contributed by atoms with Crippen LogP contribution in [0.5, 0.6) is 11.5 Å². The maximum absolute atomic E-state index is 13.3. The number of fused-ring (bicyclic) bond motifs is 1. The first-order chi connectivity index (χ1) is 14.1. The first-order valence-electron chi connectivity index (χ1n) is 8.84. The van der Waals surface area contributed by atoms with Crippen LogP contribution in [-0.4, -0.2) is 24.6 Å². The van der Waals surface area contributed by atoms with E-state index in [0.29, 0.717) is 39.7 Å². The summed E-state index contributed by atoms with van der Waals surface area (Å²) in [7, 11) is 1.58. The van der Waals surface area contributed by atoms with Gasteiger partial charge in [0.05, 0.1) is 7.11 Å². The van der Waals surface area contributed by atoms with Crippen molar-refractivity contribution in [3.63, 3.8) is 0 Å². The molecule has 0 atom stereocenters. The Hall–Kier alpha value is -3.87. The first-order valence-corrected chi connectivity index (χ1v) is 8.84. The van der Waals surface area contributed by atoms with E-state index in [1.165, 1.54) is 12.1 Å². The molecule has 1 amide bonds. The van der Waals surface area contributed by atoms with E-state index >= 15 is 0 Å². The maximum atomic E-state index is 13.3. The Morgan fingerprint density at radius 1 is 1.03 bits per heavy atom. The number of hydrogen-bond acceptors (Lipinski definition) is 5. The van der Waals surface area contributed by atoms with Crippen molar-refractivity contribution in [2.75, 3.05) is 19.0 Å². The molecule has 6 nitrogen and oxygen atoms in total. The summed E-state index contributed by atoms with van der Waals surface area (Å²) in [5, 5.41) is 2.76. The Balaban J connectivity index is 1.37. The number of nitrogens with zero attached hydrogens (tertiary/aromatic N) is 1. The summed E-state index contributed by atoms with van der Waals surface area (Å²) in [5.41, 5.74) is 2.29. The molecule has 0 aliphatic heterocycles. The van der Waals surface area contributed by atoms with E-state index in [0.717, 1.165) is 0 Å². The van der Waals surface area contributed by atoms with Crippen molar-refractivity contribution in [3.8, 4) is 23.0 Å². The van der Waals surface area contributed by atoms with Gasteiger partial charge in [0.1, 0.15) is 22.8 Å². The molecule has 0 saturated heterocycles. The number of halogens is 1. The van der Waals surface area contributed by atoms with Crippen LogP contribution in [0, 0.1) is 5.82 Å². The van der Waals surface area contributed by atoms with E-state index < -0.39 is 0 Å². The van der Waals surface area contributed by atoms with Crippen LogP contribution in [0.15, 0.2) is 71.1 Å². The van der Waals surface area contributed by atoms with Gasteiger partial charge in [-0.15, -0.1) is 0 Å². The molecule has 7 heteroatoms. The number of aromatic nitrogens is 1. The van der Waals surface area contributed by atoms with Crippen LogP contribution in [0.25, 0.3) is 22.6 Å². The van der Waals surface area contributed by atoms with Gasteiger partial charge in [0.2, 0.25) is 5.89 Å². The minimum atomic E-state index is -0.368. The molecule has 146 valence electrons. The molecule has 1 heterocycles. The molecule has 3 aromatic carbocycles. The van der Waals surface area contributed by atoms with Crippen molar-refractivity contribution in [2.45, 2.75) is 0 Å². The number of hydrogen-bond donors (Lipinski definition) is 1. The fraction of sp³-hybridized carbons (Fsp3) is 0.0909. The summed E-state index contributed by atoms with van der Waals surface area (Å²) in [4.78, 5) is 16.4. The Bertz CT molecular complexity index is 1140. The maximum Gasteiger partial charge on any atom is 0.262 e. The molecule has 0 unspecified atom stereocenters. The van der Waals surface area contributed by atoms with E-state index in [1.54, 1.807) is 61.7 Å². The van der Waals surface area contributed by atoms with Crippen LogP contribution in [0.2, 0.25) is 0 Å². The van der Waals surface area contributed by atoms with Crippen LogP contribution >= 0.6 is 0 Å². The monoisotopic (exact) mass is 392 g/mol. The van der Waals surface area contributed by atoms with Gasteiger partial charge >= 0.3 is 0 Å². The summed E-state index contributed by atoms with van der Waals surface area (Å²) in [6.45, 7) is -0.120. The molecule has 0 aliphatic carbocycles. The lowest BCUT2D eigenvalue weighted by molar-refractivity contribution is -0.118. The highest BCUT2D eigenvalue weighted by Crippen LogP contribution is 2.26. The number of rotatable bonds is 6. The number of oxazole rings is 1. The fourth-order valence-electron chi connectivity index (χ4n) is 2.74. The normalized spacial score (nSPS) is 10.7. The zero-order chi connectivity index (χ0) is 20.2. The molecule has 4 aromatic rings. The second-order valence-electron chi connectivity index (χ2n) is 6.22. The molecule has 0 radical (unpaired) electrons. The van der Waals surface area contributed by atoms with Crippen LogP contribution in [0.3, 0.4) is 0 Å². The molecule has 1 aromatic heterocycles. The molecule has 1 N–H and O–H groups in total. The molecule has 4 rings (SSSR count). The molecular weight excluding hydrogens is 375 g/mol. The number of carbonyl (C=O) groups is 1. The highest BCUT2D eigenvalue weighted by Gasteiger charge is 2.10. The zero-order valence-corrected chi connectivity index (χ0v) is 15.5. The lowest BCUT2D eigenvalue weighted by Crippen LogP contribution is -2.20.